The number of methoxy groups -OCH3 is 1. The van der Waals surface area contributed by atoms with E-state index in [-0.39, 0.29) is 23.6 Å². The molecule has 3 rings (SSSR count). The van der Waals surface area contributed by atoms with Crippen LogP contribution in [0.2, 0.25) is 0 Å². The van der Waals surface area contributed by atoms with Crippen LogP contribution in [0.5, 0.6) is 5.75 Å². The summed E-state index contributed by atoms with van der Waals surface area (Å²) in [6.45, 7) is 2.01. The van der Waals surface area contributed by atoms with Crippen LogP contribution < -0.4 is 15.0 Å². The molecule has 130 valence electrons. The number of amides is 2. The third-order valence-electron chi connectivity index (χ3n) is 3.90. The first-order valence-electron chi connectivity index (χ1n) is 8.07. The molecule has 2 amide bonds. The van der Waals surface area contributed by atoms with Gasteiger partial charge in [0.15, 0.2) is 0 Å². The summed E-state index contributed by atoms with van der Waals surface area (Å²) < 4.78 is 5.16. The first-order chi connectivity index (χ1) is 12.1. The summed E-state index contributed by atoms with van der Waals surface area (Å²) in [6, 6.07) is 14.9. The van der Waals surface area contributed by atoms with Crippen molar-refractivity contribution in [3.05, 3.63) is 48.5 Å². The number of hydrogen-bond donors (Lipinski definition) is 1. The predicted molar refractivity (Wildman–Crippen MR) is 100 cm³/mol. The highest BCUT2D eigenvalue weighted by Crippen LogP contribution is 2.37. The number of benzene rings is 2. The zero-order valence-corrected chi connectivity index (χ0v) is 15.0. The maximum absolute atomic E-state index is 12.6. The van der Waals surface area contributed by atoms with Crippen LogP contribution in [0.4, 0.5) is 11.4 Å². The maximum Gasteiger partial charge on any atom is 0.244 e. The van der Waals surface area contributed by atoms with E-state index in [0.29, 0.717) is 17.9 Å². The Kier molecular flexibility index (Phi) is 5.28. The van der Waals surface area contributed by atoms with Gasteiger partial charge in [-0.25, -0.2) is 0 Å². The van der Waals surface area contributed by atoms with Crippen LogP contribution in [0.15, 0.2) is 53.4 Å². The summed E-state index contributed by atoms with van der Waals surface area (Å²) in [5, 5.41) is 3.01. The average molecular weight is 356 g/mol. The first-order valence-corrected chi connectivity index (χ1v) is 8.94. The molecular weight excluding hydrogens is 336 g/mol. The molecule has 0 saturated carbocycles. The van der Waals surface area contributed by atoms with Crippen molar-refractivity contribution in [1.29, 1.82) is 0 Å². The summed E-state index contributed by atoms with van der Waals surface area (Å²) >= 11 is 1.67. The van der Waals surface area contributed by atoms with E-state index in [0.717, 1.165) is 10.6 Å². The Hall–Kier alpha value is -2.47. The Morgan fingerprint density at radius 2 is 2.08 bits per heavy atom. The molecule has 1 N–H and O–H groups in total. The van der Waals surface area contributed by atoms with Crippen molar-refractivity contribution in [2.45, 2.75) is 23.5 Å². The zero-order valence-electron chi connectivity index (χ0n) is 14.2. The number of thioether (sulfide) groups is 1. The lowest BCUT2D eigenvalue weighted by atomic mass is 10.2. The number of ether oxygens (including phenoxy) is 1. The van der Waals surface area contributed by atoms with Crippen LogP contribution in [0.1, 0.15) is 13.3 Å². The quantitative estimate of drug-likeness (QED) is 0.910. The minimum absolute atomic E-state index is 0.0136. The highest BCUT2D eigenvalue weighted by atomic mass is 32.2. The van der Waals surface area contributed by atoms with E-state index in [2.05, 4.69) is 5.32 Å². The maximum atomic E-state index is 12.6. The monoisotopic (exact) mass is 356 g/mol. The van der Waals surface area contributed by atoms with Crippen LogP contribution in [0.3, 0.4) is 0 Å². The van der Waals surface area contributed by atoms with Crippen LogP contribution in [-0.2, 0) is 9.59 Å². The van der Waals surface area contributed by atoms with Crippen molar-refractivity contribution in [2.75, 3.05) is 23.9 Å². The molecule has 1 atom stereocenters. The second-order valence-corrected chi connectivity index (χ2v) is 7.34. The molecule has 0 bridgehead atoms. The summed E-state index contributed by atoms with van der Waals surface area (Å²) in [6.07, 6.45) is 0.409. The number of anilines is 2. The molecule has 0 aromatic heterocycles. The van der Waals surface area contributed by atoms with Crippen molar-refractivity contribution in [3.63, 3.8) is 0 Å². The Bertz CT molecular complexity index is 794. The molecule has 0 aliphatic carbocycles. The molecule has 0 radical (unpaired) electrons. The van der Waals surface area contributed by atoms with Crippen molar-refractivity contribution in [2.24, 2.45) is 0 Å². The molecular formula is C19H20N2O3S. The van der Waals surface area contributed by atoms with Crippen LogP contribution in [0, 0.1) is 0 Å². The molecule has 0 spiro atoms. The highest BCUT2D eigenvalue weighted by molar-refractivity contribution is 8.00. The lowest BCUT2D eigenvalue weighted by molar-refractivity contribution is -0.121. The standard InChI is InChI=1S/C19H20N2O3S/c1-13-10-19(23)21(16-8-3-4-9-17(16)25-13)12-18(22)20-14-6-5-7-15(11-14)24-2/h3-9,11,13H,10,12H2,1-2H3,(H,20,22)/t13-/m0/s1. The predicted octanol–water partition coefficient (Wildman–Crippen LogP) is 3.55. The molecule has 6 heteroatoms. The molecule has 0 fully saturated rings. The van der Waals surface area contributed by atoms with Gasteiger partial charge < -0.3 is 15.0 Å². The van der Waals surface area contributed by atoms with Gasteiger partial charge >= 0.3 is 0 Å². The van der Waals surface area contributed by atoms with Gasteiger partial charge in [-0.3, -0.25) is 9.59 Å². The summed E-state index contributed by atoms with van der Waals surface area (Å²) in [4.78, 5) is 27.7. The van der Waals surface area contributed by atoms with Gasteiger partial charge in [0.05, 0.1) is 12.8 Å². The molecule has 1 heterocycles. The normalized spacial score (nSPS) is 16.8. The largest absolute Gasteiger partial charge is 0.497 e. The number of nitrogens with one attached hydrogen (secondary N) is 1. The Morgan fingerprint density at radius 3 is 2.88 bits per heavy atom. The minimum atomic E-state index is -0.240. The van der Waals surface area contributed by atoms with Gasteiger partial charge in [0.1, 0.15) is 12.3 Å². The molecule has 0 saturated heterocycles. The van der Waals surface area contributed by atoms with Gasteiger partial charge in [0.2, 0.25) is 11.8 Å². The van der Waals surface area contributed by atoms with E-state index in [1.165, 1.54) is 0 Å². The van der Waals surface area contributed by atoms with Gasteiger partial charge in [-0.15, -0.1) is 11.8 Å². The van der Waals surface area contributed by atoms with E-state index < -0.39 is 0 Å². The second kappa shape index (κ2) is 7.61. The number of carbonyl (C=O) groups is 2. The molecule has 2 aromatic carbocycles. The summed E-state index contributed by atoms with van der Waals surface area (Å²) in [5.41, 5.74) is 1.44. The number of hydrogen-bond acceptors (Lipinski definition) is 4. The Labute approximate surface area is 151 Å². The molecule has 1 aliphatic rings. The average Bonchev–Trinajstić information content (AvgIpc) is 2.71. The van der Waals surface area contributed by atoms with Crippen molar-refractivity contribution >= 4 is 35.0 Å². The third kappa shape index (κ3) is 4.14. The molecule has 0 unspecified atom stereocenters. The van der Waals surface area contributed by atoms with Crippen molar-refractivity contribution in [1.82, 2.24) is 0 Å². The van der Waals surface area contributed by atoms with Crippen LogP contribution in [-0.4, -0.2) is 30.7 Å². The fraction of sp³-hybridized carbons (Fsp3) is 0.263. The fourth-order valence-electron chi connectivity index (χ4n) is 2.75. The van der Waals surface area contributed by atoms with E-state index in [1.807, 2.05) is 37.3 Å². The van der Waals surface area contributed by atoms with Gasteiger partial charge in [0, 0.05) is 28.3 Å². The lowest BCUT2D eigenvalue weighted by Crippen LogP contribution is -2.38. The van der Waals surface area contributed by atoms with E-state index in [1.54, 1.807) is 42.0 Å². The minimum Gasteiger partial charge on any atom is -0.497 e. The number of carbonyl (C=O) groups excluding carboxylic acids is 2. The number of rotatable bonds is 4. The molecule has 2 aromatic rings. The smallest absolute Gasteiger partial charge is 0.244 e. The number of nitrogens with zero attached hydrogens (tertiary/aromatic N) is 1. The topological polar surface area (TPSA) is 58.6 Å². The molecule has 5 nitrogen and oxygen atoms in total. The number of para-hydroxylation sites is 1. The number of fused-ring (bicyclic) bond motifs is 1. The lowest BCUT2D eigenvalue weighted by Gasteiger charge is -2.22. The Morgan fingerprint density at radius 1 is 1.28 bits per heavy atom. The van der Waals surface area contributed by atoms with Crippen LogP contribution in [0.25, 0.3) is 0 Å². The van der Waals surface area contributed by atoms with Crippen LogP contribution >= 0.6 is 11.8 Å². The van der Waals surface area contributed by atoms with Crippen molar-refractivity contribution < 1.29 is 14.3 Å². The van der Waals surface area contributed by atoms with Gasteiger partial charge in [-0.2, -0.15) is 0 Å². The van der Waals surface area contributed by atoms with Crippen molar-refractivity contribution in [3.8, 4) is 5.75 Å². The van der Waals surface area contributed by atoms with Gasteiger partial charge in [0.25, 0.3) is 0 Å². The third-order valence-corrected chi connectivity index (χ3v) is 5.07. The SMILES string of the molecule is COc1cccc(NC(=O)CN2C(=O)C[C@H](C)Sc3ccccc32)c1. The first kappa shape index (κ1) is 17.4. The van der Waals surface area contributed by atoms with E-state index in [9.17, 15) is 9.59 Å². The second-order valence-electron chi connectivity index (χ2n) is 5.86. The van der Waals surface area contributed by atoms with Gasteiger partial charge in [-0.1, -0.05) is 25.1 Å². The van der Waals surface area contributed by atoms with E-state index in [4.69, 9.17) is 4.74 Å². The zero-order chi connectivity index (χ0) is 17.8. The fourth-order valence-corrected chi connectivity index (χ4v) is 3.86. The molecule has 1 aliphatic heterocycles. The van der Waals surface area contributed by atoms with Gasteiger partial charge in [-0.05, 0) is 24.3 Å². The summed E-state index contributed by atoms with van der Waals surface area (Å²) in [7, 11) is 1.58. The summed E-state index contributed by atoms with van der Waals surface area (Å²) in [5.74, 6) is 0.390. The molecule has 25 heavy (non-hydrogen) atoms. The van der Waals surface area contributed by atoms with E-state index >= 15 is 0 Å². The Balaban J connectivity index is 1.78. The highest BCUT2D eigenvalue weighted by Gasteiger charge is 2.27.